The molecule has 0 heterocycles. The molecule has 0 radical (unpaired) electrons. The third-order valence-electron chi connectivity index (χ3n) is 5.08. The minimum absolute atomic E-state index is 0.000732. The molecular formula is C17H36O3Si. The maximum absolute atomic E-state index is 10.4. The van der Waals surface area contributed by atoms with Crippen molar-refractivity contribution in [1.29, 1.82) is 0 Å². The summed E-state index contributed by atoms with van der Waals surface area (Å²) in [6, 6.07) is 0. The lowest BCUT2D eigenvalue weighted by atomic mass is 9.84. The Morgan fingerprint density at radius 3 is 1.95 bits per heavy atom. The summed E-state index contributed by atoms with van der Waals surface area (Å²) < 4.78 is 6.17. The fourth-order valence-corrected chi connectivity index (χ4v) is 3.11. The number of aliphatic hydroxyl groups is 2. The summed E-state index contributed by atoms with van der Waals surface area (Å²) in [6.07, 6.45) is 0.574. The van der Waals surface area contributed by atoms with Crippen molar-refractivity contribution >= 4 is 8.32 Å². The average molecular weight is 317 g/mol. The standard InChI is InChI=1S/C17H36O3Si/c1-10-12(2)15(18)14(4)16(19)13(3)11-20-21(8,9)17(5,6)7/h10,12-16,18-19H,1,11H2,2-9H3/t12-,13+,14-,15-,16+/m0/s1. The second kappa shape index (κ2) is 7.91. The number of hydrogen-bond donors (Lipinski definition) is 2. The largest absolute Gasteiger partial charge is 0.416 e. The van der Waals surface area contributed by atoms with E-state index in [2.05, 4.69) is 40.4 Å². The van der Waals surface area contributed by atoms with Crippen molar-refractivity contribution in [3.05, 3.63) is 12.7 Å². The molecule has 3 nitrogen and oxygen atoms in total. The summed E-state index contributed by atoms with van der Waals surface area (Å²) in [4.78, 5) is 0. The van der Waals surface area contributed by atoms with Crippen LogP contribution in [0.25, 0.3) is 0 Å². The topological polar surface area (TPSA) is 49.7 Å². The second-order valence-electron chi connectivity index (χ2n) is 7.98. The first-order valence-corrected chi connectivity index (χ1v) is 10.9. The number of rotatable bonds is 8. The number of aliphatic hydroxyl groups excluding tert-OH is 2. The van der Waals surface area contributed by atoms with Gasteiger partial charge in [-0.25, -0.2) is 0 Å². The van der Waals surface area contributed by atoms with Gasteiger partial charge in [-0.05, 0) is 18.1 Å². The third kappa shape index (κ3) is 5.85. The average Bonchev–Trinajstić information content (AvgIpc) is 2.40. The molecule has 0 spiro atoms. The Kier molecular flexibility index (Phi) is 7.85. The monoisotopic (exact) mass is 316 g/mol. The van der Waals surface area contributed by atoms with E-state index in [1.165, 1.54) is 0 Å². The van der Waals surface area contributed by atoms with E-state index in [-0.39, 0.29) is 22.8 Å². The lowest BCUT2D eigenvalue weighted by Crippen LogP contribution is -2.44. The van der Waals surface area contributed by atoms with Crippen molar-refractivity contribution in [2.75, 3.05) is 6.61 Å². The van der Waals surface area contributed by atoms with Gasteiger partial charge in [0, 0.05) is 24.4 Å². The van der Waals surface area contributed by atoms with E-state index >= 15 is 0 Å². The van der Waals surface area contributed by atoms with Crippen LogP contribution in [0, 0.1) is 17.8 Å². The zero-order chi connectivity index (χ0) is 17.0. The first-order valence-electron chi connectivity index (χ1n) is 7.97. The van der Waals surface area contributed by atoms with Gasteiger partial charge in [0.15, 0.2) is 8.32 Å². The molecule has 0 bridgehead atoms. The van der Waals surface area contributed by atoms with Crippen LogP contribution in [0.2, 0.25) is 18.1 Å². The molecule has 0 aliphatic carbocycles. The smallest absolute Gasteiger partial charge is 0.191 e. The molecule has 0 rings (SSSR count). The van der Waals surface area contributed by atoms with Crippen LogP contribution in [0.5, 0.6) is 0 Å². The van der Waals surface area contributed by atoms with Gasteiger partial charge in [-0.15, -0.1) is 6.58 Å². The summed E-state index contributed by atoms with van der Waals surface area (Å²) in [5, 5.41) is 20.8. The van der Waals surface area contributed by atoms with E-state index in [1.807, 2.05) is 20.8 Å². The molecule has 0 aromatic rings. The highest BCUT2D eigenvalue weighted by molar-refractivity contribution is 6.74. The molecule has 0 aromatic carbocycles. The Labute approximate surface area is 132 Å². The minimum atomic E-state index is -1.79. The zero-order valence-electron chi connectivity index (χ0n) is 15.2. The summed E-state index contributed by atoms with van der Waals surface area (Å²) in [6.45, 7) is 21.1. The molecule has 0 amide bonds. The van der Waals surface area contributed by atoms with Gasteiger partial charge in [-0.1, -0.05) is 47.6 Å². The Balaban J connectivity index is 4.59. The highest BCUT2D eigenvalue weighted by atomic mass is 28.4. The molecule has 0 saturated carbocycles. The first-order chi connectivity index (χ1) is 9.35. The fourth-order valence-electron chi connectivity index (χ4n) is 1.99. The van der Waals surface area contributed by atoms with E-state index < -0.39 is 20.5 Å². The van der Waals surface area contributed by atoms with E-state index in [4.69, 9.17) is 4.43 Å². The molecule has 0 aromatic heterocycles. The SMILES string of the molecule is C=C[C@H](C)[C@H](O)[C@H](C)[C@H](O)[C@H](C)CO[Si](C)(C)C(C)(C)C. The molecule has 21 heavy (non-hydrogen) atoms. The molecule has 0 unspecified atom stereocenters. The van der Waals surface area contributed by atoms with Crippen molar-refractivity contribution in [3.8, 4) is 0 Å². The second-order valence-corrected chi connectivity index (χ2v) is 12.8. The number of hydrogen-bond acceptors (Lipinski definition) is 3. The fraction of sp³-hybridized carbons (Fsp3) is 0.882. The molecule has 126 valence electrons. The normalized spacial score (nSPS) is 20.5. The van der Waals surface area contributed by atoms with Gasteiger partial charge >= 0.3 is 0 Å². The van der Waals surface area contributed by atoms with Gasteiger partial charge in [-0.3, -0.25) is 0 Å². The summed E-state index contributed by atoms with van der Waals surface area (Å²) in [7, 11) is -1.79. The van der Waals surface area contributed by atoms with E-state index in [0.29, 0.717) is 6.61 Å². The van der Waals surface area contributed by atoms with Crippen LogP contribution in [0.3, 0.4) is 0 Å². The summed E-state index contributed by atoms with van der Waals surface area (Å²) >= 11 is 0. The van der Waals surface area contributed by atoms with E-state index in [0.717, 1.165) is 0 Å². The Morgan fingerprint density at radius 2 is 1.57 bits per heavy atom. The maximum Gasteiger partial charge on any atom is 0.191 e. The highest BCUT2D eigenvalue weighted by Crippen LogP contribution is 2.37. The molecule has 4 heteroatoms. The molecule has 0 aliphatic rings. The van der Waals surface area contributed by atoms with Gasteiger partial charge in [-0.2, -0.15) is 0 Å². The quantitative estimate of drug-likeness (QED) is 0.528. The van der Waals surface area contributed by atoms with Crippen LogP contribution in [-0.2, 0) is 4.43 Å². The van der Waals surface area contributed by atoms with Gasteiger partial charge in [0.1, 0.15) is 0 Å². The molecule has 0 saturated heterocycles. The van der Waals surface area contributed by atoms with Crippen molar-refractivity contribution < 1.29 is 14.6 Å². The van der Waals surface area contributed by atoms with Crippen molar-refractivity contribution in [2.45, 2.75) is 71.9 Å². The third-order valence-corrected chi connectivity index (χ3v) is 9.58. The predicted molar refractivity (Wildman–Crippen MR) is 92.9 cm³/mol. The molecule has 0 aliphatic heterocycles. The van der Waals surface area contributed by atoms with Gasteiger partial charge < -0.3 is 14.6 Å². The lowest BCUT2D eigenvalue weighted by Gasteiger charge is -2.38. The van der Waals surface area contributed by atoms with Crippen molar-refractivity contribution in [1.82, 2.24) is 0 Å². The van der Waals surface area contributed by atoms with Crippen LogP contribution in [0.1, 0.15) is 41.5 Å². The summed E-state index contributed by atoms with van der Waals surface area (Å²) in [5.74, 6) is -0.222. The Hall–Kier alpha value is -0.163. The van der Waals surface area contributed by atoms with Gasteiger partial charge in [0.05, 0.1) is 12.2 Å². The lowest BCUT2D eigenvalue weighted by molar-refractivity contribution is -0.0299. The minimum Gasteiger partial charge on any atom is -0.416 e. The molecule has 2 N–H and O–H groups in total. The predicted octanol–water partition coefficient (Wildman–Crippen LogP) is 3.82. The molecule has 0 fully saturated rings. The van der Waals surface area contributed by atoms with Gasteiger partial charge in [0.25, 0.3) is 0 Å². The summed E-state index contributed by atoms with van der Waals surface area (Å²) in [5.41, 5.74) is 0. The van der Waals surface area contributed by atoms with Crippen LogP contribution in [0.15, 0.2) is 12.7 Å². The Morgan fingerprint density at radius 1 is 1.10 bits per heavy atom. The zero-order valence-corrected chi connectivity index (χ0v) is 16.2. The van der Waals surface area contributed by atoms with Crippen molar-refractivity contribution in [2.24, 2.45) is 17.8 Å². The highest BCUT2D eigenvalue weighted by Gasteiger charge is 2.38. The van der Waals surface area contributed by atoms with Crippen LogP contribution < -0.4 is 0 Å². The van der Waals surface area contributed by atoms with E-state index in [1.54, 1.807) is 6.08 Å². The Bertz CT molecular complexity index is 322. The van der Waals surface area contributed by atoms with Crippen molar-refractivity contribution in [3.63, 3.8) is 0 Å². The molecule has 5 atom stereocenters. The first kappa shape index (κ1) is 20.8. The van der Waals surface area contributed by atoms with Crippen LogP contribution >= 0.6 is 0 Å². The maximum atomic E-state index is 10.4. The van der Waals surface area contributed by atoms with E-state index in [9.17, 15) is 10.2 Å². The van der Waals surface area contributed by atoms with Gasteiger partial charge in [0.2, 0.25) is 0 Å². The van der Waals surface area contributed by atoms with Crippen LogP contribution in [-0.4, -0.2) is 37.3 Å². The molecular weight excluding hydrogens is 280 g/mol. The van der Waals surface area contributed by atoms with Crippen LogP contribution in [0.4, 0.5) is 0 Å².